The molecule has 0 aliphatic heterocycles. The van der Waals surface area contributed by atoms with Crippen LogP contribution in [0.25, 0.3) is 0 Å². The number of hydrogen-bond donors (Lipinski definition) is 1. The first-order valence-electron chi connectivity index (χ1n) is 6.22. The molecular weight excluding hydrogens is 252 g/mol. The average molecular weight is 268 g/mol. The molecule has 0 fully saturated rings. The van der Waals surface area contributed by atoms with E-state index in [4.69, 9.17) is 20.5 Å². The average Bonchev–Trinajstić information content (AvgIpc) is 2.49. The second-order valence-electron chi connectivity index (χ2n) is 4.37. The van der Waals surface area contributed by atoms with Gasteiger partial charge in [-0.2, -0.15) is 5.26 Å². The van der Waals surface area contributed by atoms with Gasteiger partial charge in [0.2, 0.25) is 0 Å². The van der Waals surface area contributed by atoms with Crippen LogP contribution in [0, 0.1) is 11.3 Å². The molecule has 0 saturated carbocycles. The summed E-state index contributed by atoms with van der Waals surface area (Å²) in [4.78, 5) is 0. The summed E-state index contributed by atoms with van der Waals surface area (Å²) in [5.41, 5.74) is 8.87. The summed E-state index contributed by atoms with van der Waals surface area (Å²) in [6.45, 7) is 0.878. The molecule has 2 rings (SSSR count). The van der Waals surface area contributed by atoms with Crippen molar-refractivity contribution in [3.8, 4) is 11.8 Å². The third-order valence-corrected chi connectivity index (χ3v) is 2.92. The monoisotopic (exact) mass is 268 g/mol. The molecule has 0 radical (unpaired) electrons. The lowest BCUT2D eigenvalue weighted by Gasteiger charge is -2.10. The number of nitriles is 1. The zero-order valence-corrected chi connectivity index (χ0v) is 11.3. The first kappa shape index (κ1) is 13.9. The van der Waals surface area contributed by atoms with E-state index < -0.39 is 0 Å². The lowest BCUT2D eigenvalue weighted by atomic mass is 10.1. The maximum Gasteiger partial charge on any atom is 0.124 e. The Hall–Kier alpha value is -2.51. The van der Waals surface area contributed by atoms with E-state index in [2.05, 4.69) is 6.07 Å². The van der Waals surface area contributed by atoms with Crippen molar-refractivity contribution >= 4 is 5.69 Å². The molecule has 20 heavy (non-hydrogen) atoms. The molecule has 0 heterocycles. The van der Waals surface area contributed by atoms with Crippen LogP contribution in [0.15, 0.2) is 42.5 Å². The van der Waals surface area contributed by atoms with Crippen molar-refractivity contribution in [1.29, 1.82) is 5.26 Å². The molecule has 0 atom stereocenters. The Morgan fingerprint density at radius 1 is 1.10 bits per heavy atom. The third kappa shape index (κ3) is 3.50. The number of ether oxygens (including phenoxy) is 2. The smallest absolute Gasteiger partial charge is 0.124 e. The van der Waals surface area contributed by atoms with Gasteiger partial charge in [-0.25, -0.2) is 0 Å². The van der Waals surface area contributed by atoms with Gasteiger partial charge in [-0.3, -0.25) is 0 Å². The van der Waals surface area contributed by atoms with Gasteiger partial charge in [-0.1, -0.05) is 12.1 Å². The minimum absolute atomic E-state index is 0.392. The molecule has 2 aromatic carbocycles. The molecule has 4 heteroatoms. The largest absolute Gasteiger partial charge is 0.496 e. The van der Waals surface area contributed by atoms with Crippen LogP contribution in [0.5, 0.6) is 5.75 Å². The Morgan fingerprint density at radius 2 is 1.85 bits per heavy atom. The van der Waals surface area contributed by atoms with Crippen LogP contribution in [-0.4, -0.2) is 7.11 Å². The van der Waals surface area contributed by atoms with E-state index in [-0.39, 0.29) is 0 Å². The number of nitrogens with two attached hydrogens (primary N) is 1. The highest BCUT2D eigenvalue weighted by Gasteiger charge is 2.05. The molecule has 0 spiro atoms. The van der Waals surface area contributed by atoms with Crippen molar-refractivity contribution in [2.24, 2.45) is 0 Å². The topological polar surface area (TPSA) is 68.3 Å². The molecular formula is C16H16N2O2. The number of rotatable bonds is 5. The van der Waals surface area contributed by atoms with Gasteiger partial charge in [0, 0.05) is 11.3 Å². The van der Waals surface area contributed by atoms with E-state index in [0.29, 0.717) is 18.8 Å². The predicted molar refractivity (Wildman–Crippen MR) is 77.1 cm³/mol. The van der Waals surface area contributed by atoms with Crippen molar-refractivity contribution in [3.63, 3.8) is 0 Å². The number of nitrogen functional groups attached to an aromatic ring is 1. The fourth-order valence-corrected chi connectivity index (χ4v) is 1.85. The summed E-state index contributed by atoms with van der Waals surface area (Å²) in [6, 6.07) is 14.9. The van der Waals surface area contributed by atoms with Crippen LogP contribution in [-0.2, 0) is 18.0 Å². The fraction of sp³-hybridized carbons (Fsp3) is 0.188. The molecule has 0 aromatic heterocycles. The van der Waals surface area contributed by atoms with Gasteiger partial charge in [0.05, 0.1) is 32.0 Å². The zero-order chi connectivity index (χ0) is 14.4. The molecule has 0 bridgehead atoms. The summed E-state index contributed by atoms with van der Waals surface area (Å²) < 4.78 is 10.9. The molecule has 2 aromatic rings. The number of nitrogens with zero attached hydrogens (tertiary/aromatic N) is 1. The summed E-state index contributed by atoms with van der Waals surface area (Å²) in [5.74, 6) is 0.723. The van der Waals surface area contributed by atoms with Crippen molar-refractivity contribution in [1.82, 2.24) is 0 Å². The van der Waals surface area contributed by atoms with Gasteiger partial charge in [-0.05, 0) is 35.9 Å². The van der Waals surface area contributed by atoms with Crippen LogP contribution in [0.4, 0.5) is 5.69 Å². The molecule has 0 saturated heterocycles. The van der Waals surface area contributed by atoms with Gasteiger partial charge in [0.15, 0.2) is 0 Å². The summed E-state index contributed by atoms with van der Waals surface area (Å²) in [6.07, 6.45) is 0. The molecule has 0 amide bonds. The highest BCUT2D eigenvalue weighted by molar-refractivity contribution is 5.42. The second kappa shape index (κ2) is 6.60. The number of anilines is 1. The number of benzene rings is 2. The van der Waals surface area contributed by atoms with Gasteiger partial charge in [-0.15, -0.1) is 0 Å². The second-order valence-corrected chi connectivity index (χ2v) is 4.37. The summed E-state index contributed by atoms with van der Waals surface area (Å²) >= 11 is 0. The Kier molecular flexibility index (Phi) is 4.59. The van der Waals surface area contributed by atoms with Crippen molar-refractivity contribution < 1.29 is 9.47 Å². The minimum atomic E-state index is 0.392. The quantitative estimate of drug-likeness (QED) is 0.847. The van der Waals surface area contributed by atoms with Crippen LogP contribution in [0.3, 0.4) is 0 Å². The van der Waals surface area contributed by atoms with Crippen molar-refractivity contribution in [2.45, 2.75) is 13.2 Å². The first-order valence-corrected chi connectivity index (χ1v) is 6.22. The highest BCUT2D eigenvalue weighted by Crippen LogP contribution is 2.21. The third-order valence-electron chi connectivity index (χ3n) is 2.92. The SMILES string of the molecule is COc1ccc(C#N)cc1COCc1ccc(N)cc1. The maximum absolute atomic E-state index is 8.91. The Morgan fingerprint density at radius 3 is 2.50 bits per heavy atom. The van der Waals surface area contributed by atoms with Gasteiger partial charge in [0.25, 0.3) is 0 Å². The highest BCUT2D eigenvalue weighted by atomic mass is 16.5. The maximum atomic E-state index is 8.91. The van der Waals surface area contributed by atoms with Crippen LogP contribution < -0.4 is 10.5 Å². The van der Waals surface area contributed by atoms with Gasteiger partial charge < -0.3 is 15.2 Å². The molecule has 2 N–H and O–H groups in total. The molecule has 4 nitrogen and oxygen atoms in total. The van der Waals surface area contributed by atoms with Gasteiger partial charge in [0.1, 0.15) is 5.75 Å². The van der Waals surface area contributed by atoms with E-state index in [9.17, 15) is 0 Å². The van der Waals surface area contributed by atoms with Gasteiger partial charge >= 0.3 is 0 Å². The molecule has 0 unspecified atom stereocenters. The minimum Gasteiger partial charge on any atom is -0.496 e. The van der Waals surface area contributed by atoms with E-state index in [0.717, 1.165) is 22.6 Å². The number of methoxy groups -OCH3 is 1. The molecule has 102 valence electrons. The Balaban J connectivity index is 2.00. The van der Waals surface area contributed by atoms with Crippen molar-refractivity contribution in [3.05, 3.63) is 59.2 Å². The van der Waals surface area contributed by atoms with Crippen LogP contribution in [0.1, 0.15) is 16.7 Å². The van der Waals surface area contributed by atoms with E-state index in [1.807, 2.05) is 24.3 Å². The van der Waals surface area contributed by atoms with E-state index in [1.165, 1.54) is 0 Å². The summed E-state index contributed by atoms with van der Waals surface area (Å²) in [5, 5.41) is 8.91. The lowest BCUT2D eigenvalue weighted by Crippen LogP contribution is -1.98. The Labute approximate surface area is 118 Å². The van der Waals surface area contributed by atoms with Crippen LogP contribution in [0.2, 0.25) is 0 Å². The molecule has 0 aliphatic carbocycles. The first-order chi connectivity index (χ1) is 9.72. The van der Waals surface area contributed by atoms with E-state index in [1.54, 1.807) is 25.3 Å². The predicted octanol–water partition coefficient (Wildman–Crippen LogP) is 2.87. The van der Waals surface area contributed by atoms with E-state index >= 15 is 0 Å². The standard InChI is InChI=1S/C16H16N2O2/c1-19-16-7-4-13(9-17)8-14(16)11-20-10-12-2-5-15(18)6-3-12/h2-8H,10-11,18H2,1H3. The normalized spacial score (nSPS) is 10.0. The number of hydrogen-bond acceptors (Lipinski definition) is 4. The summed E-state index contributed by atoms with van der Waals surface area (Å²) in [7, 11) is 1.60. The lowest BCUT2D eigenvalue weighted by molar-refractivity contribution is 0.105. The molecule has 0 aliphatic rings. The zero-order valence-electron chi connectivity index (χ0n) is 11.3. The van der Waals surface area contributed by atoms with Crippen molar-refractivity contribution in [2.75, 3.05) is 12.8 Å². The van der Waals surface area contributed by atoms with Crippen LogP contribution >= 0.6 is 0 Å². The fourth-order valence-electron chi connectivity index (χ4n) is 1.85. The Bertz CT molecular complexity index is 615.